The van der Waals surface area contributed by atoms with E-state index in [2.05, 4.69) is 46.6 Å². The van der Waals surface area contributed by atoms with E-state index in [1.165, 1.54) is 0 Å². The van der Waals surface area contributed by atoms with Gasteiger partial charge in [-0.05, 0) is 23.9 Å². The normalized spacial score (nSPS) is 15.6. The number of hydrogen-bond acceptors (Lipinski definition) is 5. The number of piperazine rings is 1. The van der Waals surface area contributed by atoms with Crippen LogP contribution in [0.1, 0.15) is 49.5 Å². The van der Waals surface area contributed by atoms with Gasteiger partial charge >= 0.3 is 0 Å². The molecular formula is C22H29ClN4O. The third-order valence-electron chi connectivity index (χ3n) is 5.20. The number of Topliss-reactive ketones (excluding diaryl/α,β-unsaturated/α-hetero) is 1. The fourth-order valence-electron chi connectivity index (χ4n) is 3.66. The maximum atomic E-state index is 12.8. The number of rotatable bonds is 6. The van der Waals surface area contributed by atoms with Crippen molar-refractivity contribution in [1.82, 2.24) is 14.9 Å². The van der Waals surface area contributed by atoms with E-state index in [0.29, 0.717) is 11.6 Å². The van der Waals surface area contributed by atoms with Crippen LogP contribution in [0.5, 0.6) is 0 Å². The monoisotopic (exact) mass is 400 g/mol. The molecule has 0 amide bonds. The van der Waals surface area contributed by atoms with Crippen molar-refractivity contribution < 1.29 is 4.79 Å². The second-order valence-corrected chi connectivity index (χ2v) is 8.74. The SMILES string of the molecule is CC(C)(C)c1ccccc1C(=O)CCCN1CCN(c2cncc(Cl)n2)CC1. The van der Waals surface area contributed by atoms with E-state index in [4.69, 9.17) is 11.6 Å². The fourth-order valence-corrected chi connectivity index (χ4v) is 3.81. The van der Waals surface area contributed by atoms with Crippen LogP contribution in [-0.4, -0.2) is 53.4 Å². The van der Waals surface area contributed by atoms with Crippen LogP contribution in [0.15, 0.2) is 36.7 Å². The molecule has 1 saturated heterocycles. The van der Waals surface area contributed by atoms with Gasteiger partial charge < -0.3 is 4.90 Å². The lowest BCUT2D eigenvalue weighted by atomic mass is 9.82. The highest BCUT2D eigenvalue weighted by atomic mass is 35.5. The number of anilines is 1. The summed E-state index contributed by atoms with van der Waals surface area (Å²) in [7, 11) is 0. The average Bonchev–Trinajstić information content (AvgIpc) is 2.68. The molecule has 28 heavy (non-hydrogen) atoms. The Balaban J connectivity index is 1.47. The Morgan fingerprint density at radius 3 is 2.50 bits per heavy atom. The zero-order chi connectivity index (χ0) is 20.1. The van der Waals surface area contributed by atoms with Crippen LogP contribution in [0.25, 0.3) is 0 Å². The first-order valence-corrected chi connectivity index (χ1v) is 10.3. The van der Waals surface area contributed by atoms with Crippen LogP contribution in [0, 0.1) is 0 Å². The molecule has 0 bridgehead atoms. The first-order chi connectivity index (χ1) is 13.3. The topological polar surface area (TPSA) is 49.3 Å². The molecule has 3 rings (SSSR count). The third-order valence-corrected chi connectivity index (χ3v) is 5.38. The molecule has 0 atom stereocenters. The number of hydrogen-bond donors (Lipinski definition) is 0. The molecule has 0 spiro atoms. The largest absolute Gasteiger partial charge is 0.353 e. The second-order valence-electron chi connectivity index (χ2n) is 8.35. The third kappa shape index (κ3) is 5.30. The molecule has 5 nitrogen and oxygen atoms in total. The Morgan fingerprint density at radius 2 is 1.82 bits per heavy atom. The van der Waals surface area contributed by atoms with Gasteiger partial charge in [-0.1, -0.05) is 56.6 Å². The maximum Gasteiger partial charge on any atom is 0.163 e. The molecule has 1 aliphatic rings. The Kier molecular flexibility index (Phi) is 6.68. The number of halogens is 1. The summed E-state index contributed by atoms with van der Waals surface area (Å²) in [6.45, 7) is 11.1. The van der Waals surface area contributed by atoms with Crippen LogP contribution in [0.2, 0.25) is 5.15 Å². The predicted molar refractivity (Wildman–Crippen MR) is 114 cm³/mol. The molecule has 2 aromatic rings. The summed E-state index contributed by atoms with van der Waals surface area (Å²) in [6.07, 6.45) is 4.78. The number of aromatic nitrogens is 2. The van der Waals surface area contributed by atoms with Gasteiger partial charge in [0.25, 0.3) is 0 Å². The van der Waals surface area contributed by atoms with Gasteiger partial charge in [0.15, 0.2) is 5.78 Å². The quantitative estimate of drug-likeness (QED) is 0.679. The van der Waals surface area contributed by atoms with Crippen LogP contribution in [0.4, 0.5) is 5.82 Å². The molecule has 2 heterocycles. The number of carbonyl (C=O) groups is 1. The number of benzene rings is 1. The zero-order valence-electron chi connectivity index (χ0n) is 17.0. The highest BCUT2D eigenvalue weighted by Crippen LogP contribution is 2.26. The van der Waals surface area contributed by atoms with Gasteiger partial charge in [0.05, 0.1) is 12.4 Å². The molecule has 6 heteroatoms. The lowest BCUT2D eigenvalue weighted by Gasteiger charge is -2.35. The summed E-state index contributed by atoms with van der Waals surface area (Å²) < 4.78 is 0. The van der Waals surface area contributed by atoms with Gasteiger partial charge in [0.2, 0.25) is 0 Å². The molecule has 0 saturated carbocycles. The van der Waals surface area contributed by atoms with Crippen molar-refractivity contribution in [3.63, 3.8) is 0 Å². The zero-order valence-corrected chi connectivity index (χ0v) is 17.7. The highest BCUT2D eigenvalue weighted by molar-refractivity contribution is 6.29. The van der Waals surface area contributed by atoms with Crippen molar-refractivity contribution in [3.8, 4) is 0 Å². The summed E-state index contributed by atoms with van der Waals surface area (Å²) in [5.74, 6) is 1.08. The minimum Gasteiger partial charge on any atom is -0.353 e. The van der Waals surface area contributed by atoms with Crippen molar-refractivity contribution in [2.75, 3.05) is 37.6 Å². The lowest BCUT2D eigenvalue weighted by Crippen LogP contribution is -2.47. The molecule has 1 aromatic heterocycles. The molecule has 150 valence electrons. The van der Waals surface area contributed by atoms with Crippen molar-refractivity contribution in [1.29, 1.82) is 0 Å². The predicted octanol–water partition coefficient (Wildman–Crippen LogP) is 4.21. The molecule has 1 aliphatic heterocycles. The summed E-state index contributed by atoms with van der Waals surface area (Å²) >= 11 is 5.94. The van der Waals surface area contributed by atoms with Crippen molar-refractivity contribution in [2.24, 2.45) is 0 Å². The molecule has 0 N–H and O–H groups in total. The molecule has 0 radical (unpaired) electrons. The number of ketones is 1. The molecular weight excluding hydrogens is 372 g/mol. The Hall–Kier alpha value is -1.98. The van der Waals surface area contributed by atoms with Gasteiger partial charge in [-0.15, -0.1) is 0 Å². The highest BCUT2D eigenvalue weighted by Gasteiger charge is 2.22. The number of carbonyl (C=O) groups excluding carboxylic acids is 1. The Labute approximate surface area is 172 Å². The standard InChI is InChI=1S/C22H29ClN4O/c1-22(2,3)18-8-5-4-7-17(18)19(28)9-6-10-26-11-13-27(14-12-26)21-16-24-15-20(23)25-21/h4-5,7-8,15-16H,6,9-14H2,1-3H3. The van der Waals surface area contributed by atoms with Crippen LogP contribution in [-0.2, 0) is 5.41 Å². The lowest BCUT2D eigenvalue weighted by molar-refractivity contribution is 0.0972. The smallest absolute Gasteiger partial charge is 0.163 e. The van der Waals surface area contributed by atoms with E-state index in [0.717, 1.165) is 56.1 Å². The molecule has 0 aliphatic carbocycles. The Bertz CT molecular complexity index is 810. The van der Waals surface area contributed by atoms with E-state index < -0.39 is 0 Å². The van der Waals surface area contributed by atoms with E-state index in [-0.39, 0.29) is 11.2 Å². The minimum absolute atomic E-state index is 0.0220. The van der Waals surface area contributed by atoms with Gasteiger partial charge in [-0.25, -0.2) is 4.98 Å². The van der Waals surface area contributed by atoms with Gasteiger partial charge in [-0.2, -0.15) is 0 Å². The molecule has 0 unspecified atom stereocenters. The fraction of sp³-hybridized carbons (Fsp3) is 0.500. The van der Waals surface area contributed by atoms with Crippen LogP contribution < -0.4 is 4.90 Å². The minimum atomic E-state index is -0.0220. The molecule has 1 fully saturated rings. The first-order valence-electron chi connectivity index (χ1n) is 9.92. The first kappa shape index (κ1) is 20.7. The maximum absolute atomic E-state index is 12.8. The van der Waals surface area contributed by atoms with E-state index in [9.17, 15) is 4.79 Å². The summed E-state index contributed by atoms with van der Waals surface area (Å²) in [5, 5.41) is 0.425. The molecule has 1 aromatic carbocycles. The van der Waals surface area contributed by atoms with Gasteiger partial charge in [0, 0.05) is 38.2 Å². The van der Waals surface area contributed by atoms with Crippen LogP contribution in [0.3, 0.4) is 0 Å². The van der Waals surface area contributed by atoms with Crippen molar-refractivity contribution in [3.05, 3.63) is 52.9 Å². The Morgan fingerprint density at radius 1 is 1.11 bits per heavy atom. The van der Waals surface area contributed by atoms with Crippen molar-refractivity contribution >= 4 is 23.2 Å². The summed E-state index contributed by atoms with van der Waals surface area (Å²) in [6, 6.07) is 8.01. The second kappa shape index (κ2) is 9.01. The van der Waals surface area contributed by atoms with Crippen LogP contribution >= 0.6 is 11.6 Å². The van der Waals surface area contributed by atoms with E-state index in [1.54, 1.807) is 12.4 Å². The average molecular weight is 401 g/mol. The summed E-state index contributed by atoms with van der Waals surface area (Å²) in [5.41, 5.74) is 1.99. The van der Waals surface area contributed by atoms with E-state index in [1.807, 2.05) is 18.2 Å². The summed E-state index contributed by atoms with van der Waals surface area (Å²) in [4.78, 5) is 25.8. The van der Waals surface area contributed by atoms with Gasteiger partial charge in [0.1, 0.15) is 11.0 Å². The van der Waals surface area contributed by atoms with E-state index >= 15 is 0 Å². The number of nitrogens with zero attached hydrogens (tertiary/aromatic N) is 4. The van der Waals surface area contributed by atoms with Crippen molar-refractivity contribution in [2.45, 2.75) is 39.0 Å². The van der Waals surface area contributed by atoms with Gasteiger partial charge in [-0.3, -0.25) is 14.7 Å².